The Bertz CT molecular complexity index is 604. The molecule has 94 valence electrons. The standard InChI is InChI=1S/C14H16FN3/c15-10-5-6-11-12(7-10)17-18-13-4-2-1-3-9(13)8-16-14(11)18/h5-7,9,13,16H,1-4,8H2. The van der Waals surface area contributed by atoms with Crippen LogP contribution in [-0.2, 0) is 0 Å². The number of nitrogens with one attached hydrogen (secondary N) is 1. The second-order valence-electron chi connectivity index (χ2n) is 5.45. The van der Waals surface area contributed by atoms with Crippen molar-refractivity contribution in [1.82, 2.24) is 9.78 Å². The van der Waals surface area contributed by atoms with E-state index in [0.717, 1.165) is 23.3 Å². The number of rotatable bonds is 0. The average molecular weight is 245 g/mol. The zero-order valence-electron chi connectivity index (χ0n) is 10.2. The average Bonchev–Trinajstić information content (AvgIpc) is 2.76. The van der Waals surface area contributed by atoms with E-state index >= 15 is 0 Å². The van der Waals surface area contributed by atoms with Crippen molar-refractivity contribution < 1.29 is 4.39 Å². The smallest absolute Gasteiger partial charge is 0.132 e. The third-order valence-electron chi connectivity index (χ3n) is 4.37. The summed E-state index contributed by atoms with van der Waals surface area (Å²) in [6.07, 6.45) is 5.09. The van der Waals surface area contributed by atoms with Crippen LogP contribution >= 0.6 is 0 Å². The molecule has 0 saturated heterocycles. The van der Waals surface area contributed by atoms with Crippen molar-refractivity contribution >= 4 is 16.7 Å². The number of hydrogen-bond donors (Lipinski definition) is 1. The van der Waals surface area contributed by atoms with Crippen LogP contribution in [0.3, 0.4) is 0 Å². The molecule has 2 aliphatic rings. The molecular formula is C14H16FN3. The fourth-order valence-corrected chi connectivity index (χ4v) is 3.47. The highest BCUT2D eigenvalue weighted by Gasteiger charge is 2.33. The number of benzene rings is 1. The van der Waals surface area contributed by atoms with Gasteiger partial charge in [-0.05, 0) is 30.9 Å². The molecule has 2 aromatic rings. The molecule has 0 bridgehead atoms. The highest BCUT2D eigenvalue weighted by molar-refractivity contribution is 5.90. The van der Waals surface area contributed by atoms with Gasteiger partial charge in [-0.25, -0.2) is 9.07 Å². The van der Waals surface area contributed by atoms with Crippen LogP contribution in [0, 0.1) is 11.7 Å². The maximum absolute atomic E-state index is 13.3. The lowest BCUT2D eigenvalue weighted by atomic mass is 9.83. The fourth-order valence-electron chi connectivity index (χ4n) is 3.47. The lowest BCUT2D eigenvalue weighted by Gasteiger charge is -2.37. The van der Waals surface area contributed by atoms with Crippen LogP contribution in [0.4, 0.5) is 10.2 Å². The first-order valence-corrected chi connectivity index (χ1v) is 6.74. The van der Waals surface area contributed by atoms with Gasteiger partial charge in [0.1, 0.15) is 11.6 Å². The first-order chi connectivity index (χ1) is 8.83. The van der Waals surface area contributed by atoms with E-state index in [9.17, 15) is 4.39 Å². The number of anilines is 1. The molecule has 1 saturated carbocycles. The molecule has 4 heteroatoms. The minimum atomic E-state index is -0.210. The molecule has 1 fully saturated rings. The van der Waals surface area contributed by atoms with Crippen molar-refractivity contribution in [1.29, 1.82) is 0 Å². The summed E-state index contributed by atoms with van der Waals surface area (Å²) in [5.41, 5.74) is 0.767. The summed E-state index contributed by atoms with van der Waals surface area (Å²) >= 11 is 0. The molecule has 0 radical (unpaired) electrons. The van der Waals surface area contributed by atoms with Crippen LogP contribution in [0.2, 0.25) is 0 Å². The normalized spacial score (nSPS) is 26.5. The fraction of sp³-hybridized carbons (Fsp3) is 0.500. The van der Waals surface area contributed by atoms with Gasteiger partial charge in [-0.3, -0.25) is 0 Å². The lowest BCUT2D eigenvalue weighted by Crippen LogP contribution is -2.35. The van der Waals surface area contributed by atoms with E-state index in [1.54, 1.807) is 0 Å². The van der Waals surface area contributed by atoms with Gasteiger partial charge in [0.15, 0.2) is 0 Å². The van der Waals surface area contributed by atoms with Crippen LogP contribution in [0.5, 0.6) is 0 Å². The summed E-state index contributed by atoms with van der Waals surface area (Å²) in [6, 6.07) is 5.38. The SMILES string of the molecule is Fc1ccc2c3n(nc2c1)C1CCCCC1CN3. The molecule has 1 aliphatic heterocycles. The molecule has 1 aromatic heterocycles. The predicted molar refractivity (Wildman–Crippen MR) is 69.2 cm³/mol. The van der Waals surface area contributed by atoms with E-state index in [2.05, 4.69) is 15.1 Å². The van der Waals surface area contributed by atoms with E-state index in [0.29, 0.717) is 12.0 Å². The molecule has 1 N–H and O–H groups in total. The number of fused-ring (bicyclic) bond motifs is 5. The number of aromatic nitrogens is 2. The van der Waals surface area contributed by atoms with Gasteiger partial charge < -0.3 is 5.32 Å². The van der Waals surface area contributed by atoms with Gasteiger partial charge >= 0.3 is 0 Å². The molecule has 1 aliphatic carbocycles. The highest BCUT2D eigenvalue weighted by Crippen LogP contribution is 2.41. The Kier molecular flexibility index (Phi) is 2.13. The van der Waals surface area contributed by atoms with Crippen LogP contribution in [-0.4, -0.2) is 16.3 Å². The Balaban J connectivity index is 1.89. The van der Waals surface area contributed by atoms with Crippen molar-refractivity contribution in [2.45, 2.75) is 31.7 Å². The first-order valence-electron chi connectivity index (χ1n) is 6.74. The largest absolute Gasteiger partial charge is 0.369 e. The summed E-state index contributed by atoms with van der Waals surface area (Å²) in [5, 5.41) is 9.14. The van der Waals surface area contributed by atoms with Gasteiger partial charge in [0.25, 0.3) is 0 Å². The minimum absolute atomic E-state index is 0.210. The topological polar surface area (TPSA) is 29.9 Å². The van der Waals surface area contributed by atoms with Gasteiger partial charge in [-0.2, -0.15) is 5.10 Å². The summed E-state index contributed by atoms with van der Waals surface area (Å²) in [6.45, 7) is 1.03. The van der Waals surface area contributed by atoms with Crippen LogP contribution in [0.15, 0.2) is 18.2 Å². The van der Waals surface area contributed by atoms with E-state index < -0.39 is 0 Å². The van der Waals surface area contributed by atoms with E-state index in [1.165, 1.54) is 37.8 Å². The van der Waals surface area contributed by atoms with E-state index in [-0.39, 0.29) is 5.82 Å². The Morgan fingerprint density at radius 1 is 1.28 bits per heavy atom. The number of nitrogens with zero attached hydrogens (tertiary/aromatic N) is 2. The van der Waals surface area contributed by atoms with E-state index in [1.807, 2.05) is 6.07 Å². The lowest BCUT2D eigenvalue weighted by molar-refractivity contribution is 0.223. The van der Waals surface area contributed by atoms with Crippen molar-refractivity contribution in [3.05, 3.63) is 24.0 Å². The monoisotopic (exact) mass is 245 g/mol. The Morgan fingerprint density at radius 3 is 3.11 bits per heavy atom. The molecular weight excluding hydrogens is 229 g/mol. The first kappa shape index (κ1) is 10.4. The summed E-state index contributed by atoms with van der Waals surface area (Å²) < 4.78 is 15.4. The molecule has 0 amide bonds. The highest BCUT2D eigenvalue weighted by atomic mass is 19.1. The minimum Gasteiger partial charge on any atom is -0.369 e. The molecule has 0 spiro atoms. The van der Waals surface area contributed by atoms with Gasteiger partial charge in [-0.15, -0.1) is 0 Å². The Hall–Kier alpha value is -1.58. The maximum Gasteiger partial charge on any atom is 0.132 e. The molecule has 2 atom stereocenters. The van der Waals surface area contributed by atoms with Gasteiger partial charge in [0, 0.05) is 18.0 Å². The Morgan fingerprint density at radius 2 is 2.17 bits per heavy atom. The second-order valence-corrected chi connectivity index (χ2v) is 5.45. The molecule has 3 nitrogen and oxygen atoms in total. The molecule has 18 heavy (non-hydrogen) atoms. The molecule has 1 aromatic carbocycles. The molecule has 2 heterocycles. The van der Waals surface area contributed by atoms with Gasteiger partial charge in [-0.1, -0.05) is 12.8 Å². The van der Waals surface area contributed by atoms with Crippen LogP contribution in [0.25, 0.3) is 10.9 Å². The van der Waals surface area contributed by atoms with Crippen molar-refractivity contribution in [3.8, 4) is 0 Å². The van der Waals surface area contributed by atoms with E-state index in [4.69, 9.17) is 0 Å². The van der Waals surface area contributed by atoms with Gasteiger partial charge in [0.2, 0.25) is 0 Å². The zero-order chi connectivity index (χ0) is 12.1. The molecule has 4 rings (SSSR count). The zero-order valence-corrected chi connectivity index (χ0v) is 10.2. The number of hydrogen-bond acceptors (Lipinski definition) is 2. The quantitative estimate of drug-likeness (QED) is 0.771. The maximum atomic E-state index is 13.3. The summed E-state index contributed by atoms with van der Waals surface area (Å²) in [5.74, 6) is 1.55. The molecule has 2 unspecified atom stereocenters. The third-order valence-corrected chi connectivity index (χ3v) is 4.37. The Labute approximate surface area is 105 Å². The third kappa shape index (κ3) is 1.38. The van der Waals surface area contributed by atoms with Crippen molar-refractivity contribution in [3.63, 3.8) is 0 Å². The van der Waals surface area contributed by atoms with Crippen molar-refractivity contribution in [2.75, 3.05) is 11.9 Å². The van der Waals surface area contributed by atoms with Crippen molar-refractivity contribution in [2.24, 2.45) is 5.92 Å². The predicted octanol–water partition coefficient (Wildman–Crippen LogP) is 3.33. The summed E-state index contributed by atoms with van der Waals surface area (Å²) in [7, 11) is 0. The second kappa shape index (κ2) is 3.70. The van der Waals surface area contributed by atoms with Crippen LogP contribution < -0.4 is 5.32 Å². The van der Waals surface area contributed by atoms with Crippen LogP contribution in [0.1, 0.15) is 31.7 Å². The number of halogens is 1. The summed E-state index contributed by atoms with van der Waals surface area (Å²) in [4.78, 5) is 0. The van der Waals surface area contributed by atoms with Gasteiger partial charge in [0.05, 0.1) is 11.6 Å².